The van der Waals surface area contributed by atoms with Gasteiger partial charge in [0.05, 0.1) is 5.52 Å². The Balaban J connectivity index is 2.28. The van der Waals surface area contributed by atoms with Gasteiger partial charge in [0.1, 0.15) is 0 Å². The zero-order chi connectivity index (χ0) is 16.8. The van der Waals surface area contributed by atoms with Crippen LogP contribution in [-0.2, 0) is 0 Å². The summed E-state index contributed by atoms with van der Waals surface area (Å²) in [6.45, 7) is 5.13. The molecule has 0 saturated heterocycles. The normalized spacial score (nSPS) is 10.7. The summed E-state index contributed by atoms with van der Waals surface area (Å²) in [5.41, 5.74) is 0.817. The summed E-state index contributed by atoms with van der Waals surface area (Å²) in [6.07, 6.45) is 3.30. The molecule has 0 saturated carbocycles. The van der Waals surface area contributed by atoms with E-state index < -0.39 is 0 Å². The topological polar surface area (TPSA) is 78.7 Å². The predicted octanol–water partition coefficient (Wildman–Crippen LogP) is 0.542. The third-order valence-electron chi connectivity index (χ3n) is 3.22. The van der Waals surface area contributed by atoms with Crippen molar-refractivity contribution in [2.24, 2.45) is 0 Å². The summed E-state index contributed by atoms with van der Waals surface area (Å²) >= 11 is 0. The first-order valence-corrected chi connectivity index (χ1v) is 7.33. The molecule has 0 aromatic carbocycles. The second kappa shape index (κ2) is 7.55. The van der Waals surface area contributed by atoms with Gasteiger partial charge in [-0.25, -0.2) is 4.98 Å². The molecule has 23 heavy (non-hydrogen) atoms. The molecule has 122 valence electrons. The van der Waals surface area contributed by atoms with Crippen LogP contribution >= 0.6 is 0 Å². The molecule has 0 unspecified atom stereocenters. The molecule has 0 aliphatic carbocycles. The van der Waals surface area contributed by atoms with Gasteiger partial charge in [0.25, 0.3) is 11.8 Å². The molecule has 2 aromatic rings. The fourth-order valence-electron chi connectivity index (χ4n) is 2.09. The maximum absolute atomic E-state index is 12.3. The van der Waals surface area contributed by atoms with Gasteiger partial charge in [0.15, 0.2) is 5.69 Å². The van der Waals surface area contributed by atoms with Crippen LogP contribution in [0.15, 0.2) is 37.1 Å². The Morgan fingerprint density at radius 2 is 2.09 bits per heavy atom. The van der Waals surface area contributed by atoms with E-state index in [2.05, 4.69) is 22.2 Å². The lowest BCUT2D eigenvalue weighted by Crippen LogP contribution is -2.32. The molecule has 0 aliphatic rings. The Hall–Kier alpha value is -2.67. The summed E-state index contributed by atoms with van der Waals surface area (Å²) in [5, 5.41) is 5.49. The number of carbonyl (C=O) groups excluding carboxylic acids is 2. The van der Waals surface area contributed by atoms with E-state index in [0.717, 1.165) is 6.54 Å². The van der Waals surface area contributed by atoms with Crippen molar-refractivity contribution < 1.29 is 9.59 Å². The van der Waals surface area contributed by atoms with Crippen molar-refractivity contribution in [3.8, 4) is 0 Å². The van der Waals surface area contributed by atoms with E-state index in [1.165, 1.54) is 0 Å². The summed E-state index contributed by atoms with van der Waals surface area (Å²) in [5.74, 6) is -0.445. The maximum atomic E-state index is 12.3. The zero-order valence-corrected chi connectivity index (χ0v) is 13.4. The summed E-state index contributed by atoms with van der Waals surface area (Å²) < 4.78 is 1.62. The number of nitrogens with zero attached hydrogens (tertiary/aromatic N) is 3. The monoisotopic (exact) mass is 315 g/mol. The third-order valence-corrected chi connectivity index (χ3v) is 3.22. The fraction of sp³-hybridized carbons (Fsp3) is 0.312. The molecule has 0 spiro atoms. The summed E-state index contributed by atoms with van der Waals surface area (Å²) in [7, 11) is 3.86. The Morgan fingerprint density at radius 3 is 2.78 bits per heavy atom. The predicted molar refractivity (Wildman–Crippen MR) is 88.6 cm³/mol. The lowest BCUT2D eigenvalue weighted by molar-refractivity contribution is 0.0940. The van der Waals surface area contributed by atoms with Gasteiger partial charge >= 0.3 is 0 Å². The number of fused-ring (bicyclic) bond motifs is 1. The number of imidazole rings is 1. The number of hydrogen-bond donors (Lipinski definition) is 2. The van der Waals surface area contributed by atoms with Gasteiger partial charge in [-0.05, 0) is 26.2 Å². The summed E-state index contributed by atoms with van der Waals surface area (Å²) in [4.78, 5) is 30.7. The minimum absolute atomic E-state index is 0.197. The standard InChI is InChI=1S/C16H21N5O2/c1-4-8-17-15(22)13-12-7-5-6-10-21(12)14(19-13)16(23)18-9-11-20(2)3/h4-7,10H,1,8-9,11H2,2-3H3,(H,17,22)(H,18,23). The van der Waals surface area contributed by atoms with Crippen molar-refractivity contribution in [2.75, 3.05) is 33.7 Å². The van der Waals surface area contributed by atoms with Crippen LogP contribution in [0.3, 0.4) is 0 Å². The first kappa shape index (κ1) is 16.7. The molecule has 2 N–H and O–H groups in total. The number of rotatable bonds is 7. The average Bonchev–Trinajstić information content (AvgIpc) is 2.92. The van der Waals surface area contributed by atoms with Crippen LogP contribution in [0.2, 0.25) is 0 Å². The highest BCUT2D eigenvalue weighted by Crippen LogP contribution is 2.13. The largest absolute Gasteiger partial charge is 0.348 e. The van der Waals surface area contributed by atoms with Crippen molar-refractivity contribution in [3.05, 3.63) is 48.6 Å². The zero-order valence-electron chi connectivity index (χ0n) is 13.4. The van der Waals surface area contributed by atoms with Gasteiger partial charge in [0, 0.05) is 25.8 Å². The number of pyridine rings is 1. The minimum Gasteiger partial charge on any atom is -0.348 e. The number of likely N-dealkylation sites (N-methyl/N-ethyl adjacent to an activating group) is 1. The third kappa shape index (κ3) is 3.95. The summed E-state index contributed by atoms with van der Waals surface area (Å²) in [6, 6.07) is 5.35. The highest BCUT2D eigenvalue weighted by Gasteiger charge is 2.20. The molecule has 0 radical (unpaired) electrons. The van der Waals surface area contributed by atoms with E-state index in [-0.39, 0.29) is 23.3 Å². The van der Waals surface area contributed by atoms with Crippen LogP contribution in [0.25, 0.3) is 5.52 Å². The van der Waals surface area contributed by atoms with Crippen LogP contribution in [0, 0.1) is 0 Å². The van der Waals surface area contributed by atoms with Gasteiger partial charge < -0.3 is 15.5 Å². The molecule has 0 bridgehead atoms. The molecule has 2 amide bonds. The van der Waals surface area contributed by atoms with Gasteiger partial charge in [-0.1, -0.05) is 12.1 Å². The first-order chi connectivity index (χ1) is 11.0. The van der Waals surface area contributed by atoms with Crippen molar-refractivity contribution >= 4 is 17.3 Å². The molecule has 7 heteroatoms. The van der Waals surface area contributed by atoms with Crippen LogP contribution in [0.1, 0.15) is 21.1 Å². The number of hydrogen-bond acceptors (Lipinski definition) is 4. The quantitative estimate of drug-likeness (QED) is 0.731. The van der Waals surface area contributed by atoms with Crippen LogP contribution in [0.5, 0.6) is 0 Å². The van der Waals surface area contributed by atoms with Crippen molar-refractivity contribution in [2.45, 2.75) is 0 Å². The highest BCUT2D eigenvalue weighted by molar-refractivity contribution is 6.02. The Bertz CT molecular complexity index is 720. The Labute approximate surface area is 135 Å². The van der Waals surface area contributed by atoms with Crippen LogP contribution in [-0.4, -0.2) is 59.8 Å². The second-order valence-corrected chi connectivity index (χ2v) is 5.30. The van der Waals surface area contributed by atoms with E-state index in [4.69, 9.17) is 0 Å². The lowest BCUT2D eigenvalue weighted by Gasteiger charge is -2.09. The Kier molecular flexibility index (Phi) is 5.48. The van der Waals surface area contributed by atoms with Gasteiger partial charge in [-0.3, -0.25) is 14.0 Å². The first-order valence-electron chi connectivity index (χ1n) is 7.33. The molecule has 0 fully saturated rings. The van der Waals surface area contributed by atoms with Gasteiger partial charge in [-0.15, -0.1) is 6.58 Å². The minimum atomic E-state index is -0.332. The van der Waals surface area contributed by atoms with Crippen molar-refractivity contribution in [1.29, 1.82) is 0 Å². The smallest absolute Gasteiger partial charge is 0.287 e. The number of carbonyl (C=O) groups is 2. The molecular weight excluding hydrogens is 294 g/mol. The van der Waals surface area contributed by atoms with E-state index in [9.17, 15) is 9.59 Å². The second-order valence-electron chi connectivity index (χ2n) is 5.30. The van der Waals surface area contributed by atoms with Crippen LogP contribution in [0.4, 0.5) is 0 Å². The average molecular weight is 315 g/mol. The Morgan fingerprint density at radius 1 is 1.30 bits per heavy atom. The molecule has 2 heterocycles. The lowest BCUT2D eigenvalue weighted by atomic mass is 10.3. The fourth-order valence-corrected chi connectivity index (χ4v) is 2.09. The molecule has 2 rings (SSSR count). The molecule has 0 atom stereocenters. The molecule has 0 aliphatic heterocycles. The molecular formula is C16H21N5O2. The molecule has 7 nitrogen and oxygen atoms in total. The van der Waals surface area contributed by atoms with E-state index in [1.807, 2.05) is 19.0 Å². The maximum Gasteiger partial charge on any atom is 0.287 e. The highest BCUT2D eigenvalue weighted by atomic mass is 16.2. The van der Waals surface area contributed by atoms with Crippen molar-refractivity contribution in [3.63, 3.8) is 0 Å². The number of aromatic nitrogens is 2. The van der Waals surface area contributed by atoms with Gasteiger partial charge in [0.2, 0.25) is 5.82 Å². The SMILES string of the molecule is C=CCNC(=O)c1nc(C(=O)NCCN(C)C)n2ccccc12. The molecule has 2 aromatic heterocycles. The van der Waals surface area contributed by atoms with Crippen molar-refractivity contribution in [1.82, 2.24) is 24.9 Å². The van der Waals surface area contributed by atoms with Gasteiger partial charge in [-0.2, -0.15) is 0 Å². The number of amides is 2. The van der Waals surface area contributed by atoms with Crippen LogP contribution < -0.4 is 10.6 Å². The van der Waals surface area contributed by atoms with E-state index >= 15 is 0 Å². The number of nitrogens with one attached hydrogen (secondary N) is 2. The van der Waals surface area contributed by atoms with E-state index in [1.54, 1.807) is 34.9 Å². The van der Waals surface area contributed by atoms with E-state index in [0.29, 0.717) is 18.6 Å².